The van der Waals surface area contributed by atoms with Crippen molar-refractivity contribution in [3.05, 3.63) is 18.5 Å². The highest BCUT2D eigenvalue weighted by Gasteiger charge is 2.01. The topological polar surface area (TPSA) is 30.2 Å². The Labute approximate surface area is 65.1 Å². The van der Waals surface area contributed by atoms with E-state index in [0.717, 1.165) is 5.95 Å². The molecule has 0 saturated carbocycles. The van der Waals surface area contributed by atoms with Crippen LogP contribution in [-0.4, -0.2) is 15.8 Å². The van der Waals surface area contributed by atoms with E-state index in [9.17, 15) is 0 Å². The van der Waals surface area contributed by atoms with Crippen LogP contribution in [0.4, 0.5) is 5.95 Å². The molecule has 1 aromatic rings. The molecule has 0 saturated heterocycles. The maximum atomic E-state index is 4.19. The van der Waals surface area contributed by atoms with Crippen LogP contribution in [-0.2, 0) is 0 Å². The summed E-state index contributed by atoms with van der Waals surface area (Å²) in [6.45, 7) is 2.09. The van der Waals surface area contributed by atoms with Crippen LogP contribution in [0.5, 0.6) is 0 Å². The molecule has 0 amide bonds. The van der Waals surface area contributed by atoms with Crippen LogP contribution in [0.1, 0.15) is 6.92 Å². The van der Waals surface area contributed by atoms with Gasteiger partial charge in [-0.3, -0.25) is 4.57 Å². The molecule has 1 aliphatic heterocycles. The highest BCUT2D eigenvalue weighted by atomic mass is 15.2. The standard InChI is InChI=1S/C8H9N3/c1-7-2-4-11-5-3-9-8(11)10-6-7/h2-7H,1H3. The van der Waals surface area contributed by atoms with Gasteiger partial charge in [0.1, 0.15) is 0 Å². The third-order valence-electron chi connectivity index (χ3n) is 1.62. The zero-order valence-corrected chi connectivity index (χ0v) is 6.31. The second-order valence-electron chi connectivity index (χ2n) is 2.61. The van der Waals surface area contributed by atoms with Crippen molar-refractivity contribution in [3.63, 3.8) is 0 Å². The summed E-state index contributed by atoms with van der Waals surface area (Å²) < 4.78 is 1.90. The van der Waals surface area contributed by atoms with Crippen LogP contribution in [0.15, 0.2) is 23.5 Å². The molecular formula is C8H9N3. The van der Waals surface area contributed by atoms with Gasteiger partial charge in [-0.15, -0.1) is 0 Å². The molecular weight excluding hydrogens is 138 g/mol. The molecule has 1 aromatic heterocycles. The lowest BCUT2D eigenvalue weighted by atomic mass is 10.2. The van der Waals surface area contributed by atoms with Crippen molar-refractivity contribution in [1.82, 2.24) is 9.55 Å². The van der Waals surface area contributed by atoms with Crippen molar-refractivity contribution < 1.29 is 0 Å². The smallest absolute Gasteiger partial charge is 0.233 e. The lowest BCUT2D eigenvalue weighted by Crippen LogP contribution is -1.86. The van der Waals surface area contributed by atoms with Gasteiger partial charge < -0.3 is 0 Å². The summed E-state index contributed by atoms with van der Waals surface area (Å²) in [7, 11) is 0. The zero-order chi connectivity index (χ0) is 7.68. The molecule has 1 unspecified atom stereocenters. The number of hydrogen-bond acceptors (Lipinski definition) is 2. The molecule has 3 nitrogen and oxygen atoms in total. The Morgan fingerprint density at radius 3 is 3.36 bits per heavy atom. The molecule has 1 aliphatic rings. The van der Waals surface area contributed by atoms with Gasteiger partial charge in [0.25, 0.3) is 0 Å². The second-order valence-corrected chi connectivity index (χ2v) is 2.61. The minimum Gasteiger partial charge on any atom is -0.292 e. The van der Waals surface area contributed by atoms with Crippen LogP contribution in [0.2, 0.25) is 0 Å². The Morgan fingerprint density at radius 2 is 2.45 bits per heavy atom. The number of fused-ring (bicyclic) bond motifs is 1. The van der Waals surface area contributed by atoms with Gasteiger partial charge in [-0.1, -0.05) is 13.0 Å². The van der Waals surface area contributed by atoms with E-state index in [1.54, 1.807) is 6.20 Å². The Morgan fingerprint density at radius 1 is 1.55 bits per heavy atom. The molecule has 2 rings (SSSR count). The largest absolute Gasteiger partial charge is 0.292 e. The minimum atomic E-state index is 0.400. The number of nitrogens with zero attached hydrogens (tertiary/aromatic N) is 3. The van der Waals surface area contributed by atoms with Crippen LogP contribution in [0.3, 0.4) is 0 Å². The van der Waals surface area contributed by atoms with Gasteiger partial charge in [0.15, 0.2) is 0 Å². The highest BCUT2D eigenvalue weighted by Crippen LogP contribution is 2.13. The maximum absolute atomic E-state index is 4.19. The fourth-order valence-electron chi connectivity index (χ4n) is 0.984. The van der Waals surface area contributed by atoms with Crippen molar-refractivity contribution in [2.24, 2.45) is 10.9 Å². The van der Waals surface area contributed by atoms with Crippen molar-refractivity contribution in [2.75, 3.05) is 0 Å². The number of aromatic nitrogens is 2. The number of hydrogen-bond donors (Lipinski definition) is 0. The van der Waals surface area contributed by atoms with Crippen LogP contribution in [0, 0.1) is 5.92 Å². The molecule has 0 fully saturated rings. The summed E-state index contributed by atoms with van der Waals surface area (Å²) in [4.78, 5) is 8.26. The van der Waals surface area contributed by atoms with Crippen LogP contribution < -0.4 is 0 Å². The summed E-state index contributed by atoms with van der Waals surface area (Å²) >= 11 is 0. The fraction of sp³-hybridized carbons (Fsp3) is 0.250. The SMILES string of the molecule is CC1C=Cn2ccnc2N=C1. The number of allylic oxidation sites excluding steroid dienone is 1. The molecule has 0 radical (unpaired) electrons. The molecule has 2 heterocycles. The third-order valence-corrected chi connectivity index (χ3v) is 1.62. The molecule has 0 spiro atoms. The van der Waals surface area contributed by atoms with Gasteiger partial charge in [-0.2, -0.15) is 0 Å². The minimum absolute atomic E-state index is 0.400. The van der Waals surface area contributed by atoms with Gasteiger partial charge in [-0.25, -0.2) is 9.98 Å². The Balaban J connectivity index is 2.48. The molecule has 0 aliphatic carbocycles. The first-order valence-electron chi connectivity index (χ1n) is 3.61. The quantitative estimate of drug-likeness (QED) is 0.549. The predicted octanol–water partition coefficient (Wildman–Crippen LogP) is 1.71. The summed E-state index contributed by atoms with van der Waals surface area (Å²) in [6, 6.07) is 0. The number of rotatable bonds is 0. The van der Waals surface area contributed by atoms with Gasteiger partial charge in [0.05, 0.1) is 0 Å². The maximum Gasteiger partial charge on any atom is 0.233 e. The monoisotopic (exact) mass is 147 g/mol. The Hall–Kier alpha value is -1.38. The first kappa shape index (κ1) is 6.34. The lowest BCUT2D eigenvalue weighted by Gasteiger charge is -1.90. The second kappa shape index (κ2) is 2.34. The number of imidazole rings is 1. The van der Waals surface area contributed by atoms with E-state index in [2.05, 4.69) is 23.0 Å². The summed E-state index contributed by atoms with van der Waals surface area (Å²) in [6.07, 6.45) is 9.60. The lowest BCUT2D eigenvalue weighted by molar-refractivity contribution is 1.03. The fourth-order valence-corrected chi connectivity index (χ4v) is 0.984. The van der Waals surface area contributed by atoms with Crippen molar-refractivity contribution in [1.29, 1.82) is 0 Å². The normalized spacial score (nSPS) is 21.4. The van der Waals surface area contributed by atoms with E-state index in [-0.39, 0.29) is 0 Å². The van der Waals surface area contributed by atoms with E-state index >= 15 is 0 Å². The van der Waals surface area contributed by atoms with Gasteiger partial charge in [0.2, 0.25) is 5.95 Å². The molecule has 3 heteroatoms. The number of aliphatic imine (C=N–C) groups is 1. The molecule has 0 N–H and O–H groups in total. The van der Waals surface area contributed by atoms with E-state index in [1.807, 2.05) is 23.2 Å². The van der Waals surface area contributed by atoms with Gasteiger partial charge in [-0.05, 0) is 0 Å². The van der Waals surface area contributed by atoms with Crippen LogP contribution in [0.25, 0.3) is 6.20 Å². The summed E-state index contributed by atoms with van der Waals surface area (Å²) in [5.74, 6) is 1.15. The molecule has 11 heavy (non-hydrogen) atoms. The van der Waals surface area contributed by atoms with Gasteiger partial charge >= 0.3 is 0 Å². The van der Waals surface area contributed by atoms with Crippen molar-refractivity contribution in [3.8, 4) is 0 Å². The molecule has 0 aromatic carbocycles. The van der Waals surface area contributed by atoms with Gasteiger partial charge in [0, 0.05) is 30.7 Å². The third kappa shape index (κ3) is 1.09. The summed E-state index contributed by atoms with van der Waals surface area (Å²) in [5, 5.41) is 0. The molecule has 56 valence electrons. The van der Waals surface area contributed by atoms with Crippen molar-refractivity contribution >= 4 is 18.4 Å². The average molecular weight is 147 g/mol. The van der Waals surface area contributed by atoms with Crippen molar-refractivity contribution in [2.45, 2.75) is 6.92 Å². The molecule has 1 atom stereocenters. The Bertz CT molecular complexity index is 280. The first-order valence-corrected chi connectivity index (χ1v) is 3.61. The summed E-state index contributed by atoms with van der Waals surface area (Å²) in [5.41, 5.74) is 0. The van der Waals surface area contributed by atoms with E-state index in [1.165, 1.54) is 0 Å². The predicted molar refractivity (Wildman–Crippen MR) is 44.9 cm³/mol. The first-order chi connectivity index (χ1) is 5.36. The van der Waals surface area contributed by atoms with E-state index in [4.69, 9.17) is 0 Å². The highest BCUT2D eigenvalue weighted by molar-refractivity contribution is 5.68. The van der Waals surface area contributed by atoms with E-state index < -0.39 is 0 Å². The Kier molecular flexibility index (Phi) is 1.35. The zero-order valence-electron chi connectivity index (χ0n) is 6.31. The average Bonchev–Trinajstić information content (AvgIpc) is 2.38. The molecule has 0 bridgehead atoms. The van der Waals surface area contributed by atoms with Crippen LogP contribution >= 0.6 is 0 Å². The van der Waals surface area contributed by atoms with E-state index in [0.29, 0.717) is 5.92 Å².